The van der Waals surface area contributed by atoms with Gasteiger partial charge < -0.3 is 15.3 Å². The second kappa shape index (κ2) is 12.0. The zero-order valence-electron chi connectivity index (χ0n) is 25.8. The van der Waals surface area contributed by atoms with Crippen LogP contribution in [0.15, 0.2) is 53.5 Å². The van der Waals surface area contributed by atoms with Gasteiger partial charge in [-0.1, -0.05) is 49.2 Å². The van der Waals surface area contributed by atoms with Gasteiger partial charge in [0.2, 0.25) is 5.91 Å². The number of aliphatic imine (C=N–C) groups is 1. The van der Waals surface area contributed by atoms with Gasteiger partial charge in [0.05, 0.1) is 33.2 Å². The molecule has 44 heavy (non-hydrogen) atoms. The van der Waals surface area contributed by atoms with Crippen LogP contribution in [-0.2, 0) is 20.2 Å². The number of hydrogen-bond acceptors (Lipinski definition) is 8. The van der Waals surface area contributed by atoms with E-state index in [1.165, 1.54) is 0 Å². The number of carbonyl (C=O) groups is 1. The fourth-order valence-electron chi connectivity index (χ4n) is 6.51. The van der Waals surface area contributed by atoms with Crippen molar-refractivity contribution in [3.8, 4) is 21.0 Å². The highest BCUT2D eigenvalue weighted by Crippen LogP contribution is 2.47. The number of nitrogens with one attached hydrogen (secondary N) is 1. The van der Waals surface area contributed by atoms with Crippen LogP contribution in [-0.4, -0.2) is 67.8 Å². The summed E-state index contributed by atoms with van der Waals surface area (Å²) >= 11 is 1.64. The molecule has 1 amide bonds. The highest BCUT2D eigenvalue weighted by Gasteiger charge is 2.45. The van der Waals surface area contributed by atoms with Crippen LogP contribution in [0.2, 0.25) is 0 Å². The van der Waals surface area contributed by atoms with Crippen molar-refractivity contribution >= 4 is 39.0 Å². The highest BCUT2D eigenvalue weighted by molar-refractivity contribution is 7.91. The lowest BCUT2D eigenvalue weighted by Crippen LogP contribution is -2.44. The fourth-order valence-corrected chi connectivity index (χ4v) is 8.85. The first-order valence-corrected chi connectivity index (χ1v) is 18.3. The summed E-state index contributed by atoms with van der Waals surface area (Å²) < 4.78 is 23.9. The lowest BCUT2D eigenvalue weighted by atomic mass is 9.76. The lowest BCUT2D eigenvalue weighted by Gasteiger charge is -2.31. The summed E-state index contributed by atoms with van der Waals surface area (Å²) in [7, 11) is -1.20. The average Bonchev–Trinajstić information content (AvgIpc) is 3.61. The zero-order chi connectivity index (χ0) is 31.1. The number of sulfone groups is 1. The van der Waals surface area contributed by atoms with Gasteiger partial charge in [-0.05, 0) is 62.8 Å². The van der Waals surface area contributed by atoms with Gasteiger partial charge in [-0.15, -0.1) is 11.3 Å². The van der Waals surface area contributed by atoms with Gasteiger partial charge in [0, 0.05) is 49.4 Å². The van der Waals surface area contributed by atoms with E-state index in [2.05, 4.69) is 39.5 Å². The Labute approximate surface area is 264 Å². The monoisotopic (exact) mass is 634 g/mol. The molecule has 1 aromatic heterocycles. The Kier molecular flexibility index (Phi) is 8.45. The van der Waals surface area contributed by atoms with Crippen LogP contribution in [0.3, 0.4) is 0 Å². The van der Waals surface area contributed by atoms with Crippen molar-refractivity contribution in [1.29, 1.82) is 0 Å². The summed E-state index contributed by atoms with van der Waals surface area (Å²) in [4.78, 5) is 26.4. The Morgan fingerprint density at radius 1 is 1.05 bits per heavy atom. The summed E-state index contributed by atoms with van der Waals surface area (Å²) in [6.07, 6.45) is 7.55. The summed E-state index contributed by atoms with van der Waals surface area (Å²) in [6.45, 7) is 4.56. The van der Waals surface area contributed by atoms with Gasteiger partial charge in [0.15, 0.2) is 9.84 Å². The summed E-state index contributed by atoms with van der Waals surface area (Å²) in [5.41, 5.74) is 3.63. The van der Waals surface area contributed by atoms with Crippen LogP contribution in [0.1, 0.15) is 69.5 Å². The molecule has 3 aliphatic rings. The average molecular weight is 635 g/mol. The van der Waals surface area contributed by atoms with Crippen molar-refractivity contribution in [2.24, 2.45) is 10.9 Å². The predicted octanol–water partition coefficient (Wildman–Crippen LogP) is 5.56. The zero-order valence-corrected chi connectivity index (χ0v) is 27.4. The maximum atomic E-state index is 13.8. The Morgan fingerprint density at radius 3 is 2.30 bits per heavy atom. The molecule has 1 aliphatic heterocycles. The quantitative estimate of drug-likeness (QED) is 0.314. The standard InChI is InChI=1S/C34H42N4O4S2/c1-33(2,40)25-12-8-24(9-13-25)32-36-29(27-6-4-5-7-28(27)31(39)37-34(16-17-34)22-35-3)30(43-32)23-10-14-26(15-11-23)38-18-20-44(41,42)21-19-38/h8-15,22,27-28,40H,4-7,16-21H2,1-3H3,(H,37,39)/t27-,28-/m1/s1. The molecule has 0 unspecified atom stereocenters. The van der Waals surface area contributed by atoms with E-state index < -0.39 is 15.4 Å². The van der Waals surface area contributed by atoms with Crippen LogP contribution in [0.5, 0.6) is 0 Å². The third-order valence-corrected chi connectivity index (χ3v) is 12.1. The van der Waals surface area contributed by atoms with Gasteiger partial charge >= 0.3 is 0 Å². The maximum Gasteiger partial charge on any atom is 0.224 e. The molecule has 0 bridgehead atoms. The number of anilines is 1. The third-order valence-electron chi connectivity index (χ3n) is 9.32. The van der Waals surface area contributed by atoms with Gasteiger partial charge in [-0.2, -0.15) is 0 Å². The smallest absolute Gasteiger partial charge is 0.224 e. The minimum absolute atomic E-state index is 0.000686. The molecule has 2 saturated carbocycles. The third kappa shape index (κ3) is 6.62. The molecule has 8 nitrogen and oxygen atoms in total. The number of benzene rings is 2. The molecule has 3 fully saturated rings. The van der Waals surface area contributed by atoms with Crippen LogP contribution >= 0.6 is 11.3 Å². The summed E-state index contributed by atoms with van der Waals surface area (Å²) in [5.74, 6) is 0.297. The van der Waals surface area contributed by atoms with Crippen LogP contribution in [0.25, 0.3) is 21.0 Å². The number of amides is 1. The molecule has 2 aliphatic carbocycles. The Balaban J connectivity index is 1.35. The van der Waals surface area contributed by atoms with Gasteiger partial charge in [-0.25, -0.2) is 13.4 Å². The molecular formula is C34H42N4O4S2. The Morgan fingerprint density at radius 2 is 1.68 bits per heavy atom. The second-order valence-electron chi connectivity index (χ2n) is 13.1. The summed E-state index contributed by atoms with van der Waals surface area (Å²) in [6, 6.07) is 16.3. The van der Waals surface area contributed by atoms with Gasteiger partial charge in [-0.3, -0.25) is 9.79 Å². The first-order valence-electron chi connectivity index (χ1n) is 15.6. The Bertz CT molecular complexity index is 1620. The van der Waals surface area contributed by atoms with Crippen LogP contribution in [0, 0.1) is 5.92 Å². The number of aromatic nitrogens is 1. The van der Waals surface area contributed by atoms with Crippen molar-refractivity contribution in [3.63, 3.8) is 0 Å². The largest absolute Gasteiger partial charge is 0.386 e. The SMILES string of the molecule is CN=CC1(NC(=O)[C@@H]2CCCC[C@H]2c2nc(-c3ccc(C(C)(C)O)cc3)sc2-c2ccc(N3CCS(=O)(=O)CC3)cc2)CC1. The van der Waals surface area contributed by atoms with E-state index in [-0.39, 0.29) is 34.8 Å². The molecule has 6 rings (SSSR count). The van der Waals surface area contributed by atoms with E-state index in [9.17, 15) is 18.3 Å². The van der Waals surface area contributed by atoms with Crippen molar-refractivity contribution in [2.75, 3.05) is 36.5 Å². The second-order valence-corrected chi connectivity index (χ2v) is 16.4. The molecule has 2 atom stereocenters. The molecule has 2 aromatic carbocycles. The van der Waals surface area contributed by atoms with Crippen molar-refractivity contribution in [2.45, 2.75) is 69.4 Å². The van der Waals surface area contributed by atoms with Crippen molar-refractivity contribution in [3.05, 3.63) is 59.8 Å². The molecule has 2 N–H and O–H groups in total. The first kappa shape index (κ1) is 30.9. The van der Waals surface area contributed by atoms with Crippen LogP contribution < -0.4 is 10.2 Å². The summed E-state index contributed by atoms with van der Waals surface area (Å²) in [5, 5.41) is 14.7. The number of rotatable bonds is 8. The van der Waals surface area contributed by atoms with E-state index >= 15 is 0 Å². The molecular weight excluding hydrogens is 593 g/mol. The molecule has 10 heteroatoms. The first-order chi connectivity index (χ1) is 21.0. The molecule has 0 spiro atoms. The van der Waals surface area contributed by atoms with E-state index in [1.807, 2.05) is 30.5 Å². The van der Waals surface area contributed by atoms with E-state index in [0.29, 0.717) is 13.1 Å². The molecule has 3 aromatic rings. The predicted molar refractivity (Wildman–Crippen MR) is 178 cm³/mol. The van der Waals surface area contributed by atoms with E-state index in [1.54, 1.807) is 32.2 Å². The van der Waals surface area contributed by atoms with Gasteiger partial charge in [0.25, 0.3) is 0 Å². The fraction of sp³-hybridized carbons (Fsp3) is 0.500. The number of hydrogen-bond donors (Lipinski definition) is 2. The van der Waals surface area contributed by atoms with Crippen molar-refractivity contribution in [1.82, 2.24) is 10.3 Å². The van der Waals surface area contributed by atoms with E-state index in [4.69, 9.17) is 4.98 Å². The molecule has 234 valence electrons. The minimum Gasteiger partial charge on any atom is -0.386 e. The number of nitrogens with zero attached hydrogens (tertiary/aromatic N) is 3. The Hall–Kier alpha value is -3.08. The normalized spacial score (nSPS) is 23.0. The van der Waals surface area contributed by atoms with Crippen LogP contribution in [0.4, 0.5) is 5.69 Å². The molecule has 1 saturated heterocycles. The lowest BCUT2D eigenvalue weighted by molar-refractivity contribution is -0.127. The van der Waals surface area contributed by atoms with Crippen molar-refractivity contribution < 1.29 is 18.3 Å². The van der Waals surface area contributed by atoms with E-state index in [0.717, 1.165) is 76.5 Å². The molecule has 0 radical (unpaired) electrons. The maximum absolute atomic E-state index is 13.8. The number of carbonyl (C=O) groups excluding carboxylic acids is 1. The topological polar surface area (TPSA) is 112 Å². The highest BCUT2D eigenvalue weighted by atomic mass is 32.2. The molecule has 2 heterocycles. The number of thiazole rings is 1. The number of aliphatic hydroxyl groups is 1. The minimum atomic E-state index is -2.95. The van der Waals surface area contributed by atoms with Gasteiger partial charge in [0.1, 0.15) is 5.01 Å².